The maximum Gasteiger partial charge on any atom is 0.330 e. The van der Waals surface area contributed by atoms with E-state index >= 15 is 0 Å². The molecule has 0 aromatic rings. The van der Waals surface area contributed by atoms with Crippen molar-refractivity contribution in [3.8, 4) is 0 Å². The van der Waals surface area contributed by atoms with Crippen molar-refractivity contribution in [1.82, 2.24) is 4.90 Å². The second kappa shape index (κ2) is 10.2. The van der Waals surface area contributed by atoms with Crippen LogP contribution in [0.5, 0.6) is 0 Å². The summed E-state index contributed by atoms with van der Waals surface area (Å²) in [6, 6.07) is -0.777. The number of nitrogens with two attached hydrogens (primary N) is 2. The van der Waals surface area contributed by atoms with Crippen LogP contribution in [0.2, 0.25) is 0 Å². The lowest BCUT2D eigenvalue weighted by atomic mass is 9.78. The van der Waals surface area contributed by atoms with Gasteiger partial charge in [0.25, 0.3) is 0 Å². The molecule has 8 heteroatoms. The van der Waals surface area contributed by atoms with Gasteiger partial charge in [-0.1, -0.05) is 26.2 Å². The zero-order valence-electron chi connectivity index (χ0n) is 16.9. The molecule has 1 amide bonds. The van der Waals surface area contributed by atoms with Gasteiger partial charge in [-0.05, 0) is 45.1 Å². The van der Waals surface area contributed by atoms with E-state index in [1.807, 2.05) is 0 Å². The molecule has 2 saturated heterocycles. The second-order valence-corrected chi connectivity index (χ2v) is 8.06. The van der Waals surface area contributed by atoms with Gasteiger partial charge in [0.2, 0.25) is 5.91 Å². The van der Waals surface area contributed by atoms with Crippen molar-refractivity contribution in [2.75, 3.05) is 13.1 Å². The fourth-order valence-electron chi connectivity index (χ4n) is 4.56. The number of aliphatic carboxylic acids is 1. The Morgan fingerprint density at radius 3 is 2.71 bits per heavy atom. The molecule has 5 N–H and O–H groups in total. The number of amides is 1. The van der Waals surface area contributed by atoms with Crippen molar-refractivity contribution in [3.63, 3.8) is 0 Å². The first kappa shape index (κ1) is 22.6. The number of unbranched alkanes of at least 4 members (excludes halogenated alkanes) is 3. The molecule has 0 spiro atoms. The molecule has 0 bridgehead atoms. The third-order valence-corrected chi connectivity index (χ3v) is 6.12. The van der Waals surface area contributed by atoms with Gasteiger partial charge in [-0.3, -0.25) is 9.59 Å². The zero-order chi connectivity index (χ0) is 20.7. The molecular weight excluding hydrogens is 362 g/mol. The topological polar surface area (TPSA) is 136 Å². The van der Waals surface area contributed by atoms with E-state index in [0.717, 1.165) is 32.1 Å². The molecule has 160 valence electrons. The summed E-state index contributed by atoms with van der Waals surface area (Å²) >= 11 is 0. The zero-order valence-corrected chi connectivity index (χ0v) is 16.9. The molecule has 2 fully saturated rings. The highest BCUT2D eigenvalue weighted by atomic mass is 16.6. The molecule has 28 heavy (non-hydrogen) atoms. The smallest absolute Gasteiger partial charge is 0.330 e. The van der Waals surface area contributed by atoms with Crippen molar-refractivity contribution < 1.29 is 24.2 Å². The molecule has 4 atom stereocenters. The van der Waals surface area contributed by atoms with Gasteiger partial charge >= 0.3 is 11.9 Å². The summed E-state index contributed by atoms with van der Waals surface area (Å²) in [6.07, 6.45) is 6.59. The number of carbonyl (C=O) groups is 3. The number of carboxylic acid groups (broad SMARTS) is 1. The van der Waals surface area contributed by atoms with Gasteiger partial charge in [0.05, 0.1) is 12.0 Å². The number of cyclic esters (lactones) is 1. The lowest BCUT2D eigenvalue weighted by molar-refractivity contribution is -0.166. The number of rotatable bonds is 11. The monoisotopic (exact) mass is 397 g/mol. The SMILES string of the molecule is CCCCCC1CC([C@@]2(C(=O)O)CCCN2C(=O)[C@@H](N)CCCCN)C(=O)O1. The van der Waals surface area contributed by atoms with Crippen molar-refractivity contribution in [2.24, 2.45) is 17.4 Å². The molecule has 0 saturated carbocycles. The fraction of sp³-hybridized carbons (Fsp3) is 0.850. The molecule has 2 aliphatic rings. The molecule has 0 radical (unpaired) electrons. The van der Waals surface area contributed by atoms with E-state index in [1.165, 1.54) is 4.90 Å². The van der Waals surface area contributed by atoms with E-state index < -0.39 is 29.4 Å². The van der Waals surface area contributed by atoms with Gasteiger partial charge in [0, 0.05) is 13.0 Å². The minimum Gasteiger partial charge on any atom is -0.479 e. The molecule has 0 aromatic heterocycles. The fourth-order valence-corrected chi connectivity index (χ4v) is 4.56. The largest absolute Gasteiger partial charge is 0.479 e. The summed E-state index contributed by atoms with van der Waals surface area (Å²) in [5, 5.41) is 10.1. The number of likely N-dealkylation sites (tertiary alicyclic amines) is 1. The van der Waals surface area contributed by atoms with Crippen LogP contribution in [0.15, 0.2) is 0 Å². The van der Waals surface area contributed by atoms with Crippen molar-refractivity contribution in [2.45, 2.75) is 88.8 Å². The summed E-state index contributed by atoms with van der Waals surface area (Å²) in [5.41, 5.74) is 10.0. The third kappa shape index (κ3) is 4.66. The van der Waals surface area contributed by atoms with E-state index in [4.69, 9.17) is 16.2 Å². The summed E-state index contributed by atoms with van der Waals surface area (Å²) in [6.45, 7) is 2.93. The minimum atomic E-state index is -1.54. The van der Waals surface area contributed by atoms with E-state index in [0.29, 0.717) is 38.8 Å². The van der Waals surface area contributed by atoms with Gasteiger partial charge < -0.3 is 26.2 Å². The third-order valence-electron chi connectivity index (χ3n) is 6.12. The van der Waals surface area contributed by atoms with Gasteiger partial charge in [-0.25, -0.2) is 4.79 Å². The van der Waals surface area contributed by atoms with Gasteiger partial charge in [-0.2, -0.15) is 0 Å². The molecule has 2 aliphatic heterocycles. The van der Waals surface area contributed by atoms with Crippen LogP contribution >= 0.6 is 0 Å². The van der Waals surface area contributed by atoms with E-state index in [1.54, 1.807) is 0 Å². The van der Waals surface area contributed by atoms with Gasteiger partial charge in [0.1, 0.15) is 6.10 Å². The van der Waals surface area contributed by atoms with Crippen LogP contribution in [0.4, 0.5) is 0 Å². The van der Waals surface area contributed by atoms with Crippen LogP contribution in [0.1, 0.15) is 71.1 Å². The number of nitrogens with zero attached hydrogens (tertiary/aromatic N) is 1. The second-order valence-electron chi connectivity index (χ2n) is 8.06. The Bertz CT molecular complexity index is 570. The molecule has 8 nitrogen and oxygen atoms in total. The summed E-state index contributed by atoms with van der Waals surface area (Å²) in [4.78, 5) is 39.3. The number of hydrogen-bond donors (Lipinski definition) is 3. The Morgan fingerprint density at radius 2 is 2.07 bits per heavy atom. The van der Waals surface area contributed by atoms with Gasteiger partial charge in [0.15, 0.2) is 5.54 Å². The Labute approximate surface area is 166 Å². The van der Waals surface area contributed by atoms with Crippen LogP contribution in [-0.4, -0.2) is 58.6 Å². The molecule has 0 aliphatic carbocycles. The number of carbonyl (C=O) groups excluding carboxylic acids is 2. The van der Waals surface area contributed by atoms with Crippen LogP contribution in [0.25, 0.3) is 0 Å². The molecule has 2 unspecified atom stereocenters. The number of carboxylic acids is 1. The highest BCUT2D eigenvalue weighted by Crippen LogP contribution is 2.43. The average Bonchev–Trinajstić information content (AvgIpc) is 3.25. The number of ether oxygens (including phenoxy) is 1. The average molecular weight is 398 g/mol. The normalized spacial score (nSPS) is 28.4. The first-order valence-corrected chi connectivity index (χ1v) is 10.6. The summed E-state index contributed by atoms with van der Waals surface area (Å²) in [5.74, 6) is -2.86. The highest BCUT2D eigenvalue weighted by Gasteiger charge is 2.61. The van der Waals surface area contributed by atoms with Gasteiger partial charge in [-0.15, -0.1) is 0 Å². The Hall–Kier alpha value is -1.67. The van der Waals surface area contributed by atoms with E-state index in [9.17, 15) is 19.5 Å². The number of esters is 1. The van der Waals surface area contributed by atoms with Crippen molar-refractivity contribution >= 4 is 17.8 Å². The van der Waals surface area contributed by atoms with Crippen LogP contribution in [0.3, 0.4) is 0 Å². The first-order valence-electron chi connectivity index (χ1n) is 10.6. The molecule has 2 heterocycles. The summed E-state index contributed by atoms with van der Waals surface area (Å²) < 4.78 is 5.49. The molecule has 0 aromatic carbocycles. The predicted octanol–water partition coefficient (Wildman–Crippen LogP) is 1.40. The number of hydrogen-bond acceptors (Lipinski definition) is 6. The first-order chi connectivity index (χ1) is 13.4. The molecule has 2 rings (SSSR count). The maximum atomic E-state index is 13.0. The van der Waals surface area contributed by atoms with E-state index in [-0.39, 0.29) is 18.4 Å². The standard InChI is InChI=1S/C20H35N3O5/c1-2-3-4-8-14-13-15(18(25)28-14)20(19(26)27)10-7-12-23(20)17(24)16(22)9-5-6-11-21/h14-16H,2-13,21-22H2,1H3,(H,26,27)/t14?,15?,16-,20+/m0/s1. The van der Waals surface area contributed by atoms with E-state index in [2.05, 4.69) is 6.92 Å². The van der Waals surface area contributed by atoms with Crippen LogP contribution in [-0.2, 0) is 19.1 Å². The minimum absolute atomic E-state index is 0.255. The Morgan fingerprint density at radius 1 is 1.32 bits per heavy atom. The van der Waals surface area contributed by atoms with Crippen LogP contribution in [0, 0.1) is 5.92 Å². The van der Waals surface area contributed by atoms with Crippen LogP contribution < -0.4 is 11.5 Å². The quantitative estimate of drug-likeness (QED) is 0.354. The predicted molar refractivity (Wildman–Crippen MR) is 104 cm³/mol. The summed E-state index contributed by atoms with van der Waals surface area (Å²) in [7, 11) is 0. The maximum absolute atomic E-state index is 13.0. The van der Waals surface area contributed by atoms with Crippen molar-refractivity contribution in [3.05, 3.63) is 0 Å². The highest BCUT2D eigenvalue weighted by molar-refractivity contribution is 5.94. The molecular formula is C20H35N3O5. The lowest BCUT2D eigenvalue weighted by Gasteiger charge is -2.38. The Balaban J connectivity index is 2.15. The lowest BCUT2D eigenvalue weighted by Crippen LogP contribution is -2.61. The Kier molecular flexibility index (Phi) is 8.24. The van der Waals surface area contributed by atoms with Crippen molar-refractivity contribution in [1.29, 1.82) is 0 Å².